The molecule has 0 saturated carbocycles. The van der Waals surface area contributed by atoms with Gasteiger partial charge in [-0.25, -0.2) is 4.79 Å². The third-order valence-corrected chi connectivity index (χ3v) is 8.15. The highest BCUT2D eigenvalue weighted by Gasteiger charge is 2.37. The van der Waals surface area contributed by atoms with Crippen molar-refractivity contribution >= 4 is 23.1 Å². The molecule has 0 atom stereocenters. The van der Waals surface area contributed by atoms with E-state index in [0.717, 1.165) is 36.5 Å². The Balaban J connectivity index is 1.13. The second-order valence-electron chi connectivity index (χ2n) is 12.0. The molecule has 0 spiro atoms. The molecule has 0 N–H and O–H groups in total. The van der Waals surface area contributed by atoms with Gasteiger partial charge in [-0.1, -0.05) is 44.3 Å². The zero-order chi connectivity index (χ0) is 34.3. The van der Waals surface area contributed by atoms with E-state index in [-0.39, 0.29) is 18.0 Å². The van der Waals surface area contributed by atoms with Crippen LogP contribution >= 0.6 is 0 Å². The summed E-state index contributed by atoms with van der Waals surface area (Å²) in [6, 6.07) is 25.6. The Morgan fingerprint density at radius 2 is 1.15 bits per heavy atom. The number of hydrogen-bond acceptors (Lipinski definition) is 8. The number of allylic oxidation sites excluding steroid dienone is 2. The van der Waals surface area contributed by atoms with Gasteiger partial charge in [0, 0.05) is 18.1 Å². The summed E-state index contributed by atoms with van der Waals surface area (Å²) in [6.45, 7) is 17.1. The van der Waals surface area contributed by atoms with Crippen molar-refractivity contribution in [3.63, 3.8) is 0 Å². The minimum atomic E-state index is -0.566. The van der Waals surface area contributed by atoms with Gasteiger partial charge < -0.3 is 28.4 Å². The van der Waals surface area contributed by atoms with Gasteiger partial charge in [0.1, 0.15) is 28.7 Å². The summed E-state index contributed by atoms with van der Waals surface area (Å²) in [7, 11) is 0. The van der Waals surface area contributed by atoms with Crippen molar-refractivity contribution in [1.29, 1.82) is 0 Å². The van der Waals surface area contributed by atoms with E-state index >= 15 is 0 Å². The van der Waals surface area contributed by atoms with Gasteiger partial charge in [-0.15, -0.1) is 0 Å². The fourth-order valence-electron chi connectivity index (χ4n) is 5.07. The fraction of sp³-hybridized carbons (Fsp3) is 0.250. The number of carbonyl (C=O) groups is 2. The maximum Gasteiger partial charge on any atom is 0.343 e. The van der Waals surface area contributed by atoms with E-state index in [1.165, 1.54) is 6.92 Å². The van der Waals surface area contributed by atoms with Crippen LogP contribution in [0.1, 0.15) is 55.6 Å². The van der Waals surface area contributed by atoms with Crippen LogP contribution in [0, 0.1) is 5.41 Å². The van der Waals surface area contributed by atoms with Crippen LogP contribution < -0.4 is 23.7 Å². The van der Waals surface area contributed by atoms with Crippen LogP contribution in [0.25, 0.3) is 22.3 Å². The van der Waals surface area contributed by atoms with Gasteiger partial charge in [-0.05, 0) is 103 Å². The molecule has 0 radical (unpaired) electrons. The number of esters is 2. The van der Waals surface area contributed by atoms with E-state index in [2.05, 4.69) is 20.1 Å². The third kappa shape index (κ3) is 8.32. The van der Waals surface area contributed by atoms with Crippen LogP contribution in [0.3, 0.4) is 0 Å². The second kappa shape index (κ2) is 15.0. The fourth-order valence-corrected chi connectivity index (χ4v) is 5.07. The SMILES string of the molecule is C=C(C)c1cc(OC(=O)c2ccc(OCOc3ccc(-c4ccc(OCC5(CC)COC5)cc4)cc3)cc2)c(C(=C)C)cc1OC(C)=O. The Morgan fingerprint density at radius 3 is 1.56 bits per heavy atom. The topological polar surface area (TPSA) is 89.5 Å². The van der Waals surface area contributed by atoms with Gasteiger partial charge in [-0.3, -0.25) is 4.79 Å². The van der Waals surface area contributed by atoms with E-state index < -0.39 is 11.9 Å². The lowest BCUT2D eigenvalue weighted by Gasteiger charge is -2.40. The highest BCUT2D eigenvalue weighted by molar-refractivity contribution is 5.92. The average molecular weight is 649 g/mol. The van der Waals surface area contributed by atoms with Gasteiger partial charge >= 0.3 is 11.9 Å². The molecule has 1 saturated heterocycles. The highest BCUT2D eigenvalue weighted by Crippen LogP contribution is 2.37. The van der Waals surface area contributed by atoms with E-state index in [1.54, 1.807) is 50.2 Å². The Kier molecular flexibility index (Phi) is 10.7. The summed E-state index contributed by atoms with van der Waals surface area (Å²) < 4.78 is 34.0. The average Bonchev–Trinajstić information content (AvgIpc) is 3.05. The Hall–Kier alpha value is -5.34. The third-order valence-electron chi connectivity index (χ3n) is 8.15. The summed E-state index contributed by atoms with van der Waals surface area (Å²) in [4.78, 5) is 24.7. The molecule has 0 unspecified atom stereocenters. The minimum Gasteiger partial charge on any atom is -0.493 e. The highest BCUT2D eigenvalue weighted by atomic mass is 16.7. The Morgan fingerprint density at radius 1 is 0.688 bits per heavy atom. The molecule has 8 heteroatoms. The molecule has 48 heavy (non-hydrogen) atoms. The summed E-state index contributed by atoms with van der Waals surface area (Å²) in [6.07, 6.45) is 1.04. The van der Waals surface area contributed by atoms with E-state index in [1.807, 2.05) is 48.5 Å². The molecule has 1 fully saturated rings. The van der Waals surface area contributed by atoms with Gasteiger partial charge in [0.25, 0.3) is 0 Å². The zero-order valence-corrected chi connectivity index (χ0v) is 27.8. The van der Waals surface area contributed by atoms with Crippen molar-refractivity contribution in [3.05, 3.63) is 115 Å². The van der Waals surface area contributed by atoms with Crippen molar-refractivity contribution in [2.45, 2.75) is 34.1 Å². The monoisotopic (exact) mass is 648 g/mol. The molecular formula is C40H40O8. The van der Waals surface area contributed by atoms with Crippen molar-refractivity contribution in [2.75, 3.05) is 26.6 Å². The molecule has 0 amide bonds. The van der Waals surface area contributed by atoms with E-state index in [0.29, 0.717) is 51.7 Å². The maximum atomic E-state index is 13.0. The van der Waals surface area contributed by atoms with Crippen LogP contribution in [0.5, 0.6) is 28.7 Å². The first-order valence-electron chi connectivity index (χ1n) is 15.7. The van der Waals surface area contributed by atoms with E-state index in [9.17, 15) is 9.59 Å². The quantitative estimate of drug-likeness (QED) is 0.0762. The molecule has 1 aliphatic rings. The predicted molar refractivity (Wildman–Crippen MR) is 186 cm³/mol. The van der Waals surface area contributed by atoms with Crippen molar-refractivity contribution < 1.29 is 38.0 Å². The number of ether oxygens (including phenoxy) is 6. The lowest BCUT2D eigenvalue weighted by atomic mass is 9.84. The lowest BCUT2D eigenvalue weighted by molar-refractivity contribution is -0.133. The van der Waals surface area contributed by atoms with Crippen LogP contribution in [0.15, 0.2) is 98.1 Å². The zero-order valence-electron chi connectivity index (χ0n) is 27.8. The molecular weight excluding hydrogens is 608 g/mol. The molecule has 1 aliphatic heterocycles. The minimum absolute atomic E-state index is 0.0141. The number of hydrogen-bond donors (Lipinski definition) is 0. The lowest BCUT2D eigenvalue weighted by Crippen LogP contribution is -2.46. The first-order valence-corrected chi connectivity index (χ1v) is 15.7. The first-order chi connectivity index (χ1) is 23.1. The first kappa shape index (κ1) is 34.0. The van der Waals surface area contributed by atoms with Crippen LogP contribution in [0.4, 0.5) is 0 Å². The van der Waals surface area contributed by atoms with Crippen molar-refractivity contribution in [1.82, 2.24) is 0 Å². The van der Waals surface area contributed by atoms with Gasteiger partial charge in [0.15, 0.2) is 0 Å². The summed E-state index contributed by atoms with van der Waals surface area (Å²) >= 11 is 0. The van der Waals surface area contributed by atoms with Crippen LogP contribution in [0.2, 0.25) is 0 Å². The van der Waals surface area contributed by atoms with E-state index in [4.69, 9.17) is 28.4 Å². The Labute approximate surface area is 281 Å². The molecule has 0 bridgehead atoms. The summed E-state index contributed by atoms with van der Waals surface area (Å²) in [5.74, 6) is 1.61. The normalized spacial score (nSPS) is 13.1. The second-order valence-corrected chi connectivity index (χ2v) is 12.0. The van der Waals surface area contributed by atoms with Crippen LogP contribution in [-0.4, -0.2) is 38.6 Å². The molecule has 1 heterocycles. The molecule has 0 aliphatic carbocycles. The van der Waals surface area contributed by atoms with Crippen LogP contribution in [-0.2, 0) is 9.53 Å². The molecule has 4 aromatic carbocycles. The molecule has 0 aromatic heterocycles. The van der Waals surface area contributed by atoms with Gasteiger partial charge in [0.2, 0.25) is 6.79 Å². The molecule has 248 valence electrons. The number of rotatable bonds is 14. The molecule has 8 nitrogen and oxygen atoms in total. The smallest absolute Gasteiger partial charge is 0.343 e. The number of benzene rings is 4. The van der Waals surface area contributed by atoms with Gasteiger partial charge in [0.05, 0.1) is 30.8 Å². The largest absolute Gasteiger partial charge is 0.493 e. The predicted octanol–water partition coefficient (Wildman–Crippen LogP) is 8.79. The maximum absolute atomic E-state index is 13.0. The summed E-state index contributed by atoms with van der Waals surface area (Å²) in [5.41, 5.74) is 4.98. The van der Waals surface area contributed by atoms with Crippen molar-refractivity contribution in [2.24, 2.45) is 5.41 Å². The van der Waals surface area contributed by atoms with Crippen molar-refractivity contribution in [3.8, 4) is 39.9 Å². The molecule has 5 rings (SSSR count). The van der Waals surface area contributed by atoms with Gasteiger partial charge in [-0.2, -0.15) is 0 Å². The number of carbonyl (C=O) groups excluding carboxylic acids is 2. The Bertz CT molecular complexity index is 1780. The summed E-state index contributed by atoms with van der Waals surface area (Å²) in [5, 5.41) is 0. The molecule has 4 aromatic rings. The standard InChI is InChI=1S/C40H40O8/c1-7-40(22-43-23-40)24-44-32-14-8-29(9-15-32)30-10-16-33(17-11-30)45-25-46-34-18-12-31(13-19-34)39(42)48-38-21-35(26(2)3)37(47-28(6)41)20-36(38)27(4)5/h8-21H,2,4,7,22-25H2,1,3,5-6H3.